The highest BCUT2D eigenvalue weighted by Gasteiger charge is 2.51. The average Bonchev–Trinajstić information content (AvgIpc) is 2.44. The van der Waals surface area contributed by atoms with Gasteiger partial charge >= 0.3 is 7.12 Å². The molecule has 1 aliphatic rings. The summed E-state index contributed by atoms with van der Waals surface area (Å²) in [5.74, 6) is -1.32. The Labute approximate surface area is 106 Å². The minimum atomic E-state index is -0.778. The van der Waals surface area contributed by atoms with Gasteiger partial charge in [0, 0.05) is 0 Å². The molecule has 1 saturated heterocycles. The molecule has 1 aliphatic heterocycles. The molecule has 0 atom stereocenters. The second kappa shape index (κ2) is 3.86. The van der Waals surface area contributed by atoms with E-state index in [1.54, 1.807) is 0 Å². The van der Waals surface area contributed by atoms with Gasteiger partial charge in [0.05, 0.1) is 16.9 Å². The van der Waals surface area contributed by atoms with E-state index in [4.69, 9.17) is 15.0 Å². The van der Waals surface area contributed by atoms with Crippen LogP contribution in [0.2, 0.25) is 0 Å². The monoisotopic (exact) mass is 253 g/mol. The zero-order valence-electron chi connectivity index (χ0n) is 11.0. The van der Waals surface area contributed by atoms with E-state index in [1.807, 2.05) is 27.7 Å². The zero-order valence-corrected chi connectivity index (χ0v) is 11.0. The van der Waals surface area contributed by atoms with Crippen LogP contribution in [0.25, 0.3) is 0 Å². The lowest BCUT2D eigenvalue weighted by Crippen LogP contribution is -2.41. The predicted octanol–water partition coefficient (Wildman–Crippen LogP) is 1.41. The van der Waals surface area contributed by atoms with Gasteiger partial charge in [-0.05, 0) is 45.3 Å². The van der Waals surface area contributed by atoms with Crippen LogP contribution in [0.1, 0.15) is 27.7 Å². The van der Waals surface area contributed by atoms with Crippen LogP contribution in [0, 0.1) is 5.82 Å². The normalized spacial score (nSPS) is 21.3. The van der Waals surface area contributed by atoms with Gasteiger partial charge in [-0.15, -0.1) is 0 Å². The summed E-state index contributed by atoms with van der Waals surface area (Å²) < 4.78 is 25.0. The molecule has 18 heavy (non-hydrogen) atoms. The number of rotatable bonds is 1. The third kappa shape index (κ3) is 1.95. The fraction of sp³-hybridized carbons (Fsp3) is 0.500. The molecule has 0 amide bonds. The third-order valence-corrected chi connectivity index (χ3v) is 3.64. The van der Waals surface area contributed by atoms with E-state index in [2.05, 4.69) is 0 Å². The van der Waals surface area contributed by atoms with Crippen molar-refractivity contribution in [1.82, 2.24) is 0 Å². The van der Waals surface area contributed by atoms with E-state index in [-0.39, 0.29) is 5.69 Å². The number of hydrogen-bond acceptors (Lipinski definition) is 4. The Hall–Kier alpha value is -1.27. The number of hydrogen-bond donors (Lipinski definition) is 2. The molecule has 0 spiro atoms. The minimum Gasteiger partial charge on any atom is -0.503 e. The zero-order chi connectivity index (χ0) is 13.7. The van der Waals surface area contributed by atoms with Gasteiger partial charge in [-0.25, -0.2) is 4.39 Å². The Morgan fingerprint density at radius 3 is 2.11 bits per heavy atom. The molecule has 0 aliphatic carbocycles. The van der Waals surface area contributed by atoms with Crippen LogP contribution in [0.4, 0.5) is 10.1 Å². The predicted molar refractivity (Wildman–Crippen MR) is 68.2 cm³/mol. The SMILES string of the molecule is CC1(C)OB(c2cc(N)c(O)c(F)c2)OC1(C)C. The average molecular weight is 253 g/mol. The molecular formula is C12H17BFNO3. The van der Waals surface area contributed by atoms with Crippen LogP contribution in [0.5, 0.6) is 5.75 Å². The lowest BCUT2D eigenvalue weighted by atomic mass is 9.79. The largest absolute Gasteiger partial charge is 0.503 e. The van der Waals surface area contributed by atoms with Crippen LogP contribution in [-0.4, -0.2) is 23.4 Å². The van der Waals surface area contributed by atoms with E-state index < -0.39 is 29.9 Å². The van der Waals surface area contributed by atoms with Crippen molar-refractivity contribution in [3.63, 3.8) is 0 Å². The Bertz CT molecular complexity index is 451. The van der Waals surface area contributed by atoms with Crippen LogP contribution < -0.4 is 11.2 Å². The van der Waals surface area contributed by atoms with E-state index in [9.17, 15) is 9.50 Å². The summed E-state index contributed by atoms with van der Waals surface area (Å²) in [6, 6.07) is 2.63. The molecule has 1 heterocycles. The number of nitrogens with two attached hydrogens (primary N) is 1. The molecule has 1 fully saturated rings. The fourth-order valence-electron chi connectivity index (χ4n) is 1.76. The summed E-state index contributed by atoms with van der Waals surface area (Å²) in [4.78, 5) is 0. The van der Waals surface area contributed by atoms with Gasteiger partial charge in [-0.2, -0.15) is 0 Å². The highest BCUT2D eigenvalue weighted by Crippen LogP contribution is 2.37. The summed E-state index contributed by atoms with van der Waals surface area (Å²) in [7, 11) is -0.688. The molecule has 0 unspecified atom stereocenters. The number of anilines is 1. The lowest BCUT2D eigenvalue weighted by molar-refractivity contribution is 0.00578. The van der Waals surface area contributed by atoms with Crippen molar-refractivity contribution in [2.75, 3.05) is 5.73 Å². The second-order valence-corrected chi connectivity index (χ2v) is 5.53. The summed E-state index contributed by atoms with van der Waals surface area (Å²) in [5.41, 5.74) is 4.96. The first-order chi connectivity index (χ1) is 8.14. The minimum absolute atomic E-state index is 0.0280. The molecule has 0 aromatic heterocycles. The highest BCUT2D eigenvalue weighted by atomic mass is 19.1. The van der Waals surface area contributed by atoms with E-state index >= 15 is 0 Å². The molecule has 1 aromatic rings. The van der Waals surface area contributed by atoms with E-state index in [0.29, 0.717) is 5.46 Å². The first kappa shape index (κ1) is 13.2. The fourth-order valence-corrected chi connectivity index (χ4v) is 1.76. The van der Waals surface area contributed by atoms with Gasteiger partial charge in [-0.3, -0.25) is 0 Å². The van der Waals surface area contributed by atoms with Gasteiger partial charge in [0.2, 0.25) is 0 Å². The van der Waals surface area contributed by atoms with Crippen molar-refractivity contribution in [2.24, 2.45) is 0 Å². The van der Waals surface area contributed by atoms with Crippen molar-refractivity contribution >= 4 is 18.3 Å². The number of aromatic hydroxyl groups is 1. The summed E-state index contributed by atoms with van der Waals surface area (Å²) >= 11 is 0. The molecule has 6 heteroatoms. The van der Waals surface area contributed by atoms with E-state index in [1.165, 1.54) is 12.1 Å². The quantitative estimate of drug-likeness (QED) is 0.451. The molecule has 1 aromatic carbocycles. The van der Waals surface area contributed by atoms with Gasteiger partial charge in [0.15, 0.2) is 11.6 Å². The Kier molecular flexibility index (Phi) is 2.83. The topological polar surface area (TPSA) is 64.7 Å². The molecular weight excluding hydrogens is 236 g/mol. The van der Waals surface area contributed by atoms with Crippen LogP contribution in [0.3, 0.4) is 0 Å². The summed E-state index contributed by atoms with van der Waals surface area (Å²) in [6.07, 6.45) is 0. The molecule has 2 rings (SSSR count). The number of halogens is 1. The van der Waals surface area contributed by atoms with Crippen LogP contribution in [-0.2, 0) is 9.31 Å². The number of phenolic OH excluding ortho intramolecular Hbond substituents is 1. The van der Waals surface area contributed by atoms with Gasteiger partial charge in [0.25, 0.3) is 0 Å². The van der Waals surface area contributed by atoms with Crippen molar-refractivity contribution < 1.29 is 18.8 Å². The Morgan fingerprint density at radius 2 is 1.67 bits per heavy atom. The van der Waals surface area contributed by atoms with E-state index in [0.717, 1.165) is 0 Å². The number of benzene rings is 1. The molecule has 4 nitrogen and oxygen atoms in total. The number of phenols is 1. The smallest absolute Gasteiger partial charge is 0.495 e. The van der Waals surface area contributed by atoms with Gasteiger partial charge < -0.3 is 20.1 Å². The first-order valence-electron chi connectivity index (χ1n) is 5.77. The van der Waals surface area contributed by atoms with Crippen molar-refractivity contribution in [1.29, 1.82) is 0 Å². The molecule has 0 radical (unpaired) electrons. The number of nitrogen functional groups attached to an aromatic ring is 1. The first-order valence-corrected chi connectivity index (χ1v) is 5.77. The summed E-state index contributed by atoms with van der Waals surface area (Å²) in [5, 5.41) is 9.30. The maximum absolute atomic E-state index is 13.4. The Morgan fingerprint density at radius 1 is 1.17 bits per heavy atom. The summed E-state index contributed by atoms with van der Waals surface area (Å²) in [6.45, 7) is 7.64. The maximum atomic E-state index is 13.4. The van der Waals surface area contributed by atoms with Gasteiger partial charge in [-0.1, -0.05) is 0 Å². The van der Waals surface area contributed by atoms with Gasteiger partial charge in [0.1, 0.15) is 0 Å². The lowest BCUT2D eigenvalue weighted by Gasteiger charge is -2.32. The standard InChI is InChI=1S/C12H17BFNO3/c1-11(2)12(3,4)18-13(17-11)7-5-8(14)10(16)9(15)6-7/h5-6,16H,15H2,1-4H3. The van der Waals surface area contributed by atoms with Crippen LogP contribution in [0.15, 0.2) is 12.1 Å². The van der Waals surface area contributed by atoms with Crippen LogP contribution >= 0.6 is 0 Å². The Balaban J connectivity index is 2.36. The van der Waals surface area contributed by atoms with Crippen molar-refractivity contribution in [3.05, 3.63) is 17.9 Å². The molecule has 0 bridgehead atoms. The third-order valence-electron chi connectivity index (χ3n) is 3.64. The second-order valence-electron chi connectivity index (χ2n) is 5.53. The maximum Gasteiger partial charge on any atom is 0.495 e. The molecule has 0 saturated carbocycles. The molecule has 98 valence electrons. The highest BCUT2D eigenvalue weighted by molar-refractivity contribution is 6.62. The van der Waals surface area contributed by atoms with Crippen molar-refractivity contribution in [2.45, 2.75) is 38.9 Å². The molecule has 3 N–H and O–H groups in total. The van der Waals surface area contributed by atoms with Crippen molar-refractivity contribution in [3.8, 4) is 5.75 Å².